The largest absolute Gasteiger partial charge is 0.377 e. The second kappa shape index (κ2) is 6.45. The third-order valence-corrected chi connectivity index (χ3v) is 0.916. The molecule has 1 N–H and O–H groups in total. The molecule has 10 heavy (non-hydrogen) atoms. The van der Waals surface area contributed by atoms with Gasteiger partial charge in [0.15, 0.2) is 5.78 Å². The van der Waals surface area contributed by atoms with Crippen LogP contribution in [0.4, 0.5) is 0 Å². The van der Waals surface area contributed by atoms with Crippen molar-refractivity contribution in [3.63, 3.8) is 0 Å². The molecule has 0 spiro atoms. The molecule has 0 aliphatic rings. The summed E-state index contributed by atoms with van der Waals surface area (Å²) in [6, 6.07) is 0. The number of methoxy groups -OCH3 is 1. The number of hydrogen-bond acceptors (Lipinski definition) is 3. The lowest BCUT2D eigenvalue weighted by Gasteiger charge is -1.98. The molecule has 0 saturated heterocycles. The molecule has 0 amide bonds. The Balaban J connectivity index is 3.13. The van der Waals surface area contributed by atoms with Gasteiger partial charge in [0.05, 0.1) is 6.54 Å². The van der Waals surface area contributed by atoms with Crippen molar-refractivity contribution in [1.29, 1.82) is 0 Å². The molecule has 0 aliphatic carbocycles. The van der Waals surface area contributed by atoms with Crippen LogP contribution in [0.15, 0.2) is 12.7 Å². The Bertz CT molecular complexity index is 112. The molecule has 0 rings (SSSR count). The van der Waals surface area contributed by atoms with E-state index in [1.165, 1.54) is 7.11 Å². The van der Waals surface area contributed by atoms with Crippen LogP contribution < -0.4 is 5.32 Å². The first kappa shape index (κ1) is 9.33. The molecular weight excluding hydrogens is 130 g/mol. The van der Waals surface area contributed by atoms with Gasteiger partial charge >= 0.3 is 0 Å². The fourth-order valence-corrected chi connectivity index (χ4v) is 0.526. The van der Waals surface area contributed by atoms with Gasteiger partial charge in [0.2, 0.25) is 0 Å². The monoisotopic (exact) mass is 143 g/mol. The third-order valence-electron chi connectivity index (χ3n) is 0.916. The predicted molar refractivity (Wildman–Crippen MR) is 39.9 cm³/mol. The van der Waals surface area contributed by atoms with Crippen LogP contribution in [0.25, 0.3) is 0 Å². The average molecular weight is 143 g/mol. The lowest BCUT2D eigenvalue weighted by atomic mass is 10.4. The Kier molecular flexibility index (Phi) is 6.02. The Hall–Kier alpha value is -0.670. The van der Waals surface area contributed by atoms with Gasteiger partial charge in [-0.25, -0.2) is 0 Å². The maximum absolute atomic E-state index is 10.7. The van der Waals surface area contributed by atoms with Gasteiger partial charge in [-0.15, -0.1) is 6.58 Å². The summed E-state index contributed by atoms with van der Waals surface area (Å²) < 4.78 is 4.62. The van der Waals surface area contributed by atoms with Crippen molar-refractivity contribution in [2.45, 2.75) is 0 Å². The van der Waals surface area contributed by atoms with Crippen LogP contribution in [-0.2, 0) is 9.53 Å². The van der Waals surface area contributed by atoms with E-state index in [1.54, 1.807) is 6.08 Å². The van der Waals surface area contributed by atoms with E-state index < -0.39 is 0 Å². The van der Waals surface area contributed by atoms with Gasteiger partial charge in [-0.05, 0) is 0 Å². The molecular formula is C7H13NO2. The van der Waals surface area contributed by atoms with E-state index in [-0.39, 0.29) is 12.4 Å². The summed E-state index contributed by atoms with van der Waals surface area (Å²) >= 11 is 0. The molecule has 0 unspecified atom stereocenters. The molecule has 0 radical (unpaired) electrons. The zero-order valence-corrected chi connectivity index (χ0v) is 6.22. The van der Waals surface area contributed by atoms with Crippen molar-refractivity contribution < 1.29 is 9.53 Å². The third kappa shape index (κ3) is 5.47. The summed E-state index contributed by atoms with van der Waals surface area (Å²) in [6.45, 7) is 4.71. The fraction of sp³-hybridized carbons (Fsp3) is 0.571. The highest BCUT2D eigenvalue weighted by Crippen LogP contribution is 1.71. The van der Waals surface area contributed by atoms with Crippen molar-refractivity contribution in [1.82, 2.24) is 5.32 Å². The zero-order chi connectivity index (χ0) is 7.82. The highest BCUT2D eigenvalue weighted by molar-refractivity contribution is 5.81. The van der Waals surface area contributed by atoms with Gasteiger partial charge in [-0.1, -0.05) is 6.08 Å². The molecule has 0 fully saturated rings. The highest BCUT2D eigenvalue weighted by atomic mass is 16.5. The van der Waals surface area contributed by atoms with Gasteiger partial charge in [0.25, 0.3) is 0 Å². The molecule has 0 heterocycles. The van der Waals surface area contributed by atoms with E-state index in [0.717, 1.165) is 0 Å². The molecule has 58 valence electrons. The molecule has 0 aromatic rings. The van der Waals surface area contributed by atoms with E-state index in [0.29, 0.717) is 13.1 Å². The Labute approximate surface area is 61.1 Å². The first-order chi connectivity index (χ1) is 4.81. The number of hydrogen-bond donors (Lipinski definition) is 1. The highest BCUT2D eigenvalue weighted by Gasteiger charge is 1.96. The second-order valence-electron chi connectivity index (χ2n) is 1.89. The van der Waals surface area contributed by atoms with Crippen LogP contribution in [0, 0.1) is 0 Å². The van der Waals surface area contributed by atoms with Crippen molar-refractivity contribution in [3.8, 4) is 0 Å². The molecule has 3 heteroatoms. The van der Waals surface area contributed by atoms with Crippen LogP contribution in [0.3, 0.4) is 0 Å². The normalized spacial score (nSPS) is 9.30. The van der Waals surface area contributed by atoms with Gasteiger partial charge in [-0.3, -0.25) is 4.79 Å². The summed E-state index contributed by atoms with van der Waals surface area (Å²) in [5.41, 5.74) is 0. The standard InChI is InChI=1S/C7H13NO2/c1-3-4-8-5-7(9)6-10-2/h3,8H,1,4-6H2,2H3. The Morgan fingerprint density at radius 2 is 2.50 bits per heavy atom. The number of Topliss-reactive ketones (excluding diaryl/α,β-unsaturated/α-hetero) is 1. The van der Waals surface area contributed by atoms with Crippen molar-refractivity contribution in [3.05, 3.63) is 12.7 Å². The number of ether oxygens (including phenoxy) is 1. The molecule has 0 atom stereocenters. The SMILES string of the molecule is C=CCNCC(=O)COC. The lowest BCUT2D eigenvalue weighted by molar-refractivity contribution is -0.121. The number of ketones is 1. The molecule has 0 aromatic carbocycles. The summed E-state index contributed by atoms with van der Waals surface area (Å²) in [7, 11) is 1.51. The molecule has 0 bridgehead atoms. The van der Waals surface area contributed by atoms with Crippen LogP contribution in [0.1, 0.15) is 0 Å². The number of carbonyl (C=O) groups is 1. The Morgan fingerprint density at radius 3 is 3.00 bits per heavy atom. The topological polar surface area (TPSA) is 38.3 Å². The quantitative estimate of drug-likeness (QED) is 0.419. The lowest BCUT2D eigenvalue weighted by Crippen LogP contribution is -2.25. The first-order valence-electron chi connectivity index (χ1n) is 3.13. The summed E-state index contributed by atoms with van der Waals surface area (Å²) in [5.74, 6) is 0.0596. The van der Waals surface area contributed by atoms with Gasteiger partial charge in [0.1, 0.15) is 6.61 Å². The molecule has 0 aliphatic heterocycles. The molecule has 0 saturated carbocycles. The predicted octanol–water partition coefficient (Wildman–Crippen LogP) is -0.0225. The maximum atomic E-state index is 10.7. The molecule has 0 aromatic heterocycles. The van der Waals surface area contributed by atoms with Gasteiger partial charge in [0, 0.05) is 13.7 Å². The van der Waals surface area contributed by atoms with Crippen LogP contribution in [0.5, 0.6) is 0 Å². The minimum absolute atomic E-state index is 0.0596. The maximum Gasteiger partial charge on any atom is 0.172 e. The minimum Gasteiger partial charge on any atom is -0.377 e. The Morgan fingerprint density at radius 1 is 1.80 bits per heavy atom. The average Bonchev–Trinajstić information content (AvgIpc) is 1.89. The second-order valence-corrected chi connectivity index (χ2v) is 1.89. The van der Waals surface area contributed by atoms with E-state index in [2.05, 4.69) is 16.6 Å². The van der Waals surface area contributed by atoms with Gasteiger partial charge < -0.3 is 10.1 Å². The van der Waals surface area contributed by atoms with E-state index in [1.807, 2.05) is 0 Å². The summed E-state index contributed by atoms with van der Waals surface area (Å²) in [6.07, 6.45) is 1.71. The number of nitrogens with one attached hydrogen (secondary N) is 1. The van der Waals surface area contributed by atoms with E-state index >= 15 is 0 Å². The molecule has 3 nitrogen and oxygen atoms in total. The number of carbonyl (C=O) groups excluding carboxylic acids is 1. The van der Waals surface area contributed by atoms with Crippen molar-refractivity contribution >= 4 is 5.78 Å². The first-order valence-corrected chi connectivity index (χ1v) is 3.13. The summed E-state index contributed by atoms with van der Waals surface area (Å²) in [4.78, 5) is 10.7. The fourth-order valence-electron chi connectivity index (χ4n) is 0.526. The smallest absolute Gasteiger partial charge is 0.172 e. The van der Waals surface area contributed by atoms with Crippen molar-refractivity contribution in [2.75, 3.05) is 26.8 Å². The van der Waals surface area contributed by atoms with Crippen LogP contribution >= 0.6 is 0 Å². The van der Waals surface area contributed by atoms with Crippen LogP contribution in [0.2, 0.25) is 0 Å². The van der Waals surface area contributed by atoms with Crippen molar-refractivity contribution in [2.24, 2.45) is 0 Å². The number of rotatable bonds is 6. The zero-order valence-electron chi connectivity index (χ0n) is 6.22. The van der Waals surface area contributed by atoms with Crippen LogP contribution in [-0.4, -0.2) is 32.6 Å². The summed E-state index contributed by atoms with van der Waals surface area (Å²) in [5, 5.41) is 2.87. The van der Waals surface area contributed by atoms with Gasteiger partial charge in [-0.2, -0.15) is 0 Å². The minimum atomic E-state index is 0.0596. The van der Waals surface area contributed by atoms with E-state index in [4.69, 9.17) is 0 Å². The van der Waals surface area contributed by atoms with E-state index in [9.17, 15) is 4.79 Å².